The van der Waals surface area contributed by atoms with Crippen LogP contribution in [0.2, 0.25) is 0 Å². The van der Waals surface area contributed by atoms with Crippen LogP contribution in [-0.2, 0) is 21.4 Å². The molecule has 0 aliphatic heterocycles. The highest BCUT2D eigenvalue weighted by atomic mass is 32.2. The van der Waals surface area contributed by atoms with Crippen LogP contribution < -0.4 is 15.6 Å². The minimum absolute atomic E-state index is 0.0789. The van der Waals surface area contributed by atoms with Crippen molar-refractivity contribution in [1.82, 2.24) is 13.9 Å². The Morgan fingerprint density at radius 3 is 2.56 bits per heavy atom. The van der Waals surface area contributed by atoms with Crippen LogP contribution in [0.1, 0.15) is 0 Å². The number of sulfonamides is 1. The molecule has 11 heteroatoms. The molecule has 0 saturated heterocycles. The lowest BCUT2D eigenvalue weighted by atomic mass is 10.2. The maximum Gasteiger partial charge on any atom is 0.262 e. The Morgan fingerprint density at radius 2 is 1.88 bits per heavy atom. The zero-order valence-electron chi connectivity index (χ0n) is 18.7. The van der Waals surface area contributed by atoms with Crippen LogP contribution in [0, 0.1) is 0 Å². The monoisotopic (exact) mass is 498 g/mol. The lowest BCUT2D eigenvalue weighted by Gasteiger charge is -2.16. The Morgan fingerprint density at radius 1 is 1.15 bits per heavy atom. The number of methoxy groups -OCH3 is 1. The highest BCUT2D eigenvalue weighted by Crippen LogP contribution is 2.31. The third kappa shape index (κ3) is 4.58. The van der Waals surface area contributed by atoms with Gasteiger partial charge in [-0.3, -0.25) is 14.2 Å². The maximum atomic E-state index is 13.0. The first-order valence-corrected chi connectivity index (χ1v) is 12.4. The number of fused-ring (bicyclic) bond motifs is 1. The van der Waals surface area contributed by atoms with Crippen LogP contribution >= 0.6 is 11.3 Å². The fraction of sp³-hybridized carbons (Fsp3) is 0.174. The number of carbonyl (C=O) groups excluding carboxylic acids is 1. The molecule has 176 valence electrons. The number of aromatic nitrogens is 2. The average Bonchev–Trinajstić information content (AvgIpc) is 3.26. The first kappa shape index (κ1) is 23.6. The third-order valence-corrected chi connectivity index (χ3v) is 8.02. The lowest BCUT2D eigenvalue weighted by Crippen LogP contribution is -2.27. The number of anilines is 1. The maximum absolute atomic E-state index is 13.0. The molecule has 1 N–H and O–H groups in total. The van der Waals surface area contributed by atoms with E-state index in [0.29, 0.717) is 10.2 Å². The van der Waals surface area contributed by atoms with Crippen LogP contribution in [0.25, 0.3) is 20.7 Å². The number of ether oxygens (including phenoxy) is 1. The molecule has 0 fully saturated rings. The molecule has 0 unspecified atom stereocenters. The van der Waals surface area contributed by atoms with Gasteiger partial charge in [-0.1, -0.05) is 30.3 Å². The number of carbonyl (C=O) groups is 1. The molecule has 34 heavy (non-hydrogen) atoms. The van der Waals surface area contributed by atoms with Crippen LogP contribution in [0.5, 0.6) is 5.75 Å². The van der Waals surface area contributed by atoms with Crippen molar-refractivity contribution in [3.05, 3.63) is 71.3 Å². The van der Waals surface area contributed by atoms with Crippen molar-refractivity contribution in [3.8, 4) is 16.2 Å². The number of rotatable bonds is 7. The Labute approximate surface area is 200 Å². The van der Waals surface area contributed by atoms with E-state index < -0.39 is 15.9 Å². The molecule has 2 aromatic carbocycles. The third-order valence-electron chi connectivity index (χ3n) is 5.10. The smallest absolute Gasteiger partial charge is 0.262 e. The predicted molar refractivity (Wildman–Crippen MR) is 132 cm³/mol. The SMILES string of the molecule is COc1ccc(NC(=O)Cn2cnc3sc(-c4ccccc4)cc3c2=O)cc1S(=O)(=O)N(C)C. The number of hydrogen-bond donors (Lipinski definition) is 1. The Bertz CT molecular complexity index is 1530. The van der Waals surface area contributed by atoms with Crippen LogP contribution in [0.4, 0.5) is 5.69 Å². The van der Waals surface area contributed by atoms with E-state index in [0.717, 1.165) is 14.7 Å². The lowest BCUT2D eigenvalue weighted by molar-refractivity contribution is -0.116. The summed E-state index contributed by atoms with van der Waals surface area (Å²) >= 11 is 1.41. The van der Waals surface area contributed by atoms with Crippen molar-refractivity contribution >= 4 is 43.2 Å². The van der Waals surface area contributed by atoms with Crippen molar-refractivity contribution in [3.63, 3.8) is 0 Å². The normalized spacial score (nSPS) is 11.6. The summed E-state index contributed by atoms with van der Waals surface area (Å²) in [5.74, 6) is -0.343. The summed E-state index contributed by atoms with van der Waals surface area (Å²) in [4.78, 5) is 31.4. The number of benzene rings is 2. The van der Waals surface area contributed by atoms with E-state index in [-0.39, 0.29) is 28.4 Å². The van der Waals surface area contributed by atoms with Gasteiger partial charge < -0.3 is 10.1 Å². The van der Waals surface area contributed by atoms with Gasteiger partial charge in [0.05, 0.1) is 18.8 Å². The minimum atomic E-state index is -3.80. The number of amides is 1. The quantitative estimate of drug-likeness (QED) is 0.419. The average molecular weight is 499 g/mol. The molecule has 4 rings (SSSR count). The molecule has 9 nitrogen and oxygen atoms in total. The molecular weight excluding hydrogens is 476 g/mol. The van der Waals surface area contributed by atoms with E-state index in [1.54, 1.807) is 6.07 Å². The van der Waals surface area contributed by atoms with Crippen molar-refractivity contribution in [2.45, 2.75) is 11.4 Å². The summed E-state index contributed by atoms with van der Waals surface area (Å²) < 4.78 is 32.6. The van der Waals surface area contributed by atoms with Gasteiger partial charge in [0.25, 0.3) is 5.56 Å². The Kier molecular flexibility index (Phi) is 6.51. The summed E-state index contributed by atoms with van der Waals surface area (Å²) in [7, 11) is 0.383. The highest BCUT2D eigenvalue weighted by Gasteiger charge is 2.23. The standard InChI is InChI=1S/C23H22N4O5S2/c1-26(2)34(30,31)20-11-16(9-10-18(20)32-3)25-21(28)13-27-14-24-22-17(23(27)29)12-19(33-22)15-7-5-4-6-8-15/h4-12,14H,13H2,1-3H3,(H,25,28). The molecule has 0 aliphatic carbocycles. The molecular formula is C23H22N4O5S2. The largest absolute Gasteiger partial charge is 0.495 e. The van der Waals surface area contributed by atoms with Gasteiger partial charge in [0.2, 0.25) is 15.9 Å². The Hall–Kier alpha value is -3.54. The summed E-state index contributed by atoms with van der Waals surface area (Å²) in [5, 5.41) is 3.07. The van der Waals surface area contributed by atoms with Crippen molar-refractivity contribution < 1.29 is 17.9 Å². The van der Waals surface area contributed by atoms with E-state index in [9.17, 15) is 18.0 Å². The molecule has 0 saturated carbocycles. The van der Waals surface area contributed by atoms with Crippen LogP contribution in [-0.4, -0.2) is 49.4 Å². The molecule has 0 radical (unpaired) electrons. The second kappa shape index (κ2) is 9.37. The van der Waals surface area contributed by atoms with E-state index in [4.69, 9.17) is 4.74 Å². The highest BCUT2D eigenvalue weighted by molar-refractivity contribution is 7.89. The van der Waals surface area contributed by atoms with Gasteiger partial charge in [0, 0.05) is 24.7 Å². The molecule has 4 aromatic rings. The van der Waals surface area contributed by atoms with Gasteiger partial charge in [-0.15, -0.1) is 11.3 Å². The first-order chi connectivity index (χ1) is 16.2. The second-order valence-electron chi connectivity index (χ2n) is 7.57. The zero-order chi connectivity index (χ0) is 24.5. The molecule has 2 aromatic heterocycles. The second-order valence-corrected chi connectivity index (χ2v) is 10.7. The first-order valence-electron chi connectivity index (χ1n) is 10.2. The van der Waals surface area contributed by atoms with Crippen molar-refractivity contribution in [2.75, 3.05) is 26.5 Å². The zero-order valence-corrected chi connectivity index (χ0v) is 20.3. The summed E-state index contributed by atoms with van der Waals surface area (Å²) in [5.41, 5.74) is 0.913. The molecule has 2 heterocycles. The molecule has 0 aliphatic rings. The molecule has 1 amide bonds. The predicted octanol–water partition coefficient (Wildman–Crippen LogP) is 3.02. The summed E-state index contributed by atoms with van der Waals surface area (Å²) in [6.45, 7) is -0.278. The Balaban J connectivity index is 1.58. The van der Waals surface area contributed by atoms with Crippen molar-refractivity contribution in [2.24, 2.45) is 0 Å². The van der Waals surface area contributed by atoms with Crippen molar-refractivity contribution in [1.29, 1.82) is 0 Å². The van der Waals surface area contributed by atoms with Gasteiger partial charge in [0.15, 0.2) is 0 Å². The van der Waals surface area contributed by atoms with E-state index >= 15 is 0 Å². The number of thiophene rings is 1. The van der Waals surface area contributed by atoms with E-state index in [2.05, 4.69) is 10.3 Å². The fourth-order valence-electron chi connectivity index (χ4n) is 3.33. The molecule has 0 atom stereocenters. The minimum Gasteiger partial charge on any atom is -0.495 e. The van der Waals surface area contributed by atoms with E-state index in [1.165, 1.54) is 61.6 Å². The topological polar surface area (TPSA) is 111 Å². The molecule has 0 bridgehead atoms. The number of nitrogens with zero attached hydrogens (tertiary/aromatic N) is 3. The van der Waals surface area contributed by atoms with Gasteiger partial charge in [-0.05, 0) is 29.8 Å². The van der Waals surface area contributed by atoms with Crippen LogP contribution in [0.15, 0.2) is 70.6 Å². The number of hydrogen-bond acceptors (Lipinski definition) is 7. The summed E-state index contributed by atoms with van der Waals surface area (Å²) in [6, 6.07) is 15.8. The van der Waals surface area contributed by atoms with Gasteiger partial charge in [0.1, 0.15) is 22.0 Å². The number of nitrogens with one attached hydrogen (secondary N) is 1. The van der Waals surface area contributed by atoms with Gasteiger partial charge >= 0.3 is 0 Å². The van der Waals surface area contributed by atoms with Crippen LogP contribution in [0.3, 0.4) is 0 Å². The van der Waals surface area contributed by atoms with Gasteiger partial charge in [-0.25, -0.2) is 17.7 Å². The van der Waals surface area contributed by atoms with E-state index in [1.807, 2.05) is 30.3 Å². The summed E-state index contributed by atoms with van der Waals surface area (Å²) in [6.07, 6.45) is 1.34. The fourth-order valence-corrected chi connectivity index (χ4v) is 5.40. The molecule has 0 spiro atoms. The van der Waals surface area contributed by atoms with Gasteiger partial charge in [-0.2, -0.15) is 0 Å².